The molecule has 3 rings (SSSR count). The molecule has 0 spiro atoms. The second kappa shape index (κ2) is 4.94. The van der Waals surface area contributed by atoms with Crippen LogP contribution in [0, 0.1) is 6.92 Å². The van der Waals surface area contributed by atoms with Gasteiger partial charge in [-0.3, -0.25) is 9.58 Å². The minimum absolute atomic E-state index is 0.464. The zero-order valence-electron chi connectivity index (χ0n) is 11.1. The van der Waals surface area contributed by atoms with Crippen LogP contribution in [0.3, 0.4) is 0 Å². The Morgan fingerprint density at radius 3 is 2.89 bits per heavy atom. The number of hydrogen-bond acceptors (Lipinski definition) is 5. The zero-order chi connectivity index (χ0) is 13.4. The smallest absolute Gasteiger partial charge is 0.224 e. The van der Waals surface area contributed by atoms with E-state index in [1.165, 1.54) is 0 Å². The summed E-state index contributed by atoms with van der Waals surface area (Å²) in [5, 5.41) is 9.07. The van der Waals surface area contributed by atoms with Crippen LogP contribution in [0.4, 0.5) is 0 Å². The minimum Gasteiger partial charge on any atom is -0.339 e. The molecule has 0 N–H and O–H groups in total. The third-order valence-electron chi connectivity index (χ3n) is 3.40. The zero-order valence-corrected chi connectivity index (χ0v) is 11.8. The van der Waals surface area contributed by atoms with Gasteiger partial charge in [0.05, 0.1) is 10.7 Å². The Morgan fingerprint density at radius 1 is 1.37 bits per heavy atom. The van der Waals surface area contributed by atoms with E-state index in [-0.39, 0.29) is 0 Å². The van der Waals surface area contributed by atoms with Crippen LogP contribution in [0.5, 0.6) is 0 Å². The molecule has 0 unspecified atom stereocenters. The molecule has 0 saturated carbocycles. The SMILES string of the molecule is CCN1CCCn2nc(-c3noc(C)n3)c(Cl)c2C1. The number of hydrogen-bond donors (Lipinski definition) is 0. The van der Waals surface area contributed by atoms with E-state index in [1.54, 1.807) is 6.92 Å². The van der Waals surface area contributed by atoms with Gasteiger partial charge in [-0.15, -0.1) is 0 Å². The van der Waals surface area contributed by atoms with Gasteiger partial charge in [0.2, 0.25) is 11.7 Å². The van der Waals surface area contributed by atoms with Crippen molar-refractivity contribution in [3.05, 3.63) is 16.6 Å². The van der Waals surface area contributed by atoms with Crippen molar-refractivity contribution < 1.29 is 4.52 Å². The van der Waals surface area contributed by atoms with Gasteiger partial charge in [-0.05, 0) is 13.0 Å². The summed E-state index contributed by atoms with van der Waals surface area (Å²) in [5.74, 6) is 0.982. The molecule has 102 valence electrons. The lowest BCUT2D eigenvalue weighted by Gasteiger charge is -2.16. The monoisotopic (exact) mass is 281 g/mol. The molecule has 7 heteroatoms. The largest absolute Gasteiger partial charge is 0.339 e. The third-order valence-corrected chi connectivity index (χ3v) is 3.79. The molecule has 0 aromatic carbocycles. The molecule has 0 bridgehead atoms. The number of halogens is 1. The minimum atomic E-state index is 0.464. The summed E-state index contributed by atoms with van der Waals surface area (Å²) in [5.41, 5.74) is 1.66. The van der Waals surface area contributed by atoms with Gasteiger partial charge in [0.15, 0.2) is 5.69 Å². The number of fused-ring (bicyclic) bond motifs is 1. The predicted molar refractivity (Wildman–Crippen MR) is 70.8 cm³/mol. The van der Waals surface area contributed by atoms with Gasteiger partial charge in [0.25, 0.3) is 0 Å². The first-order valence-corrected chi connectivity index (χ1v) is 6.85. The summed E-state index contributed by atoms with van der Waals surface area (Å²) in [6.45, 7) is 7.69. The molecule has 0 saturated heterocycles. The molecule has 0 fully saturated rings. The van der Waals surface area contributed by atoms with E-state index in [9.17, 15) is 0 Å². The average Bonchev–Trinajstić information content (AvgIpc) is 2.87. The lowest BCUT2D eigenvalue weighted by Crippen LogP contribution is -2.22. The van der Waals surface area contributed by atoms with Crippen molar-refractivity contribution in [3.63, 3.8) is 0 Å². The molecular weight excluding hydrogens is 266 g/mol. The summed E-state index contributed by atoms with van der Waals surface area (Å²) in [4.78, 5) is 6.55. The lowest BCUT2D eigenvalue weighted by molar-refractivity contribution is 0.285. The highest BCUT2D eigenvalue weighted by Crippen LogP contribution is 2.30. The molecule has 0 aliphatic carbocycles. The predicted octanol–water partition coefficient (Wildman–Crippen LogP) is 2.12. The highest BCUT2D eigenvalue weighted by atomic mass is 35.5. The average molecular weight is 282 g/mol. The van der Waals surface area contributed by atoms with Crippen molar-refractivity contribution in [2.75, 3.05) is 13.1 Å². The van der Waals surface area contributed by atoms with Crippen molar-refractivity contribution in [2.24, 2.45) is 0 Å². The van der Waals surface area contributed by atoms with Crippen LogP contribution in [0.2, 0.25) is 5.02 Å². The summed E-state index contributed by atoms with van der Waals surface area (Å²) in [6.07, 6.45) is 1.07. The lowest BCUT2D eigenvalue weighted by atomic mass is 10.3. The van der Waals surface area contributed by atoms with E-state index in [0.29, 0.717) is 22.4 Å². The molecule has 1 aliphatic heterocycles. The summed E-state index contributed by atoms with van der Waals surface area (Å²) in [6, 6.07) is 0. The molecule has 0 amide bonds. The van der Waals surface area contributed by atoms with Crippen molar-refractivity contribution in [1.82, 2.24) is 24.8 Å². The molecule has 2 aromatic rings. The molecule has 3 heterocycles. The van der Waals surface area contributed by atoms with Crippen molar-refractivity contribution in [1.29, 1.82) is 0 Å². The van der Waals surface area contributed by atoms with Crippen LogP contribution in [-0.2, 0) is 13.1 Å². The normalized spacial score (nSPS) is 16.4. The highest BCUT2D eigenvalue weighted by Gasteiger charge is 2.24. The van der Waals surface area contributed by atoms with Crippen molar-refractivity contribution in [3.8, 4) is 11.5 Å². The van der Waals surface area contributed by atoms with E-state index in [0.717, 1.165) is 38.3 Å². The third kappa shape index (κ3) is 2.26. The standard InChI is InChI=1S/C12H16ClN5O/c1-3-17-5-4-6-18-9(7-17)10(13)11(15-18)12-14-8(2)19-16-12/h3-7H2,1-2H3. The van der Waals surface area contributed by atoms with E-state index >= 15 is 0 Å². The maximum absolute atomic E-state index is 6.45. The van der Waals surface area contributed by atoms with E-state index < -0.39 is 0 Å². The molecular formula is C12H16ClN5O. The van der Waals surface area contributed by atoms with Crippen molar-refractivity contribution >= 4 is 11.6 Å². The van der Waals surface area contributed by atoms with E-state index in [2.05, 4.69) is 27.1 Å². The van der Waals surface area contributed by atoms with Crippen LogP contribution in [-0.4, -0.2) is 37.9 Å². The van der Waals surface area contributed by atoms with Crippen molar-refractivity contribution in [2.45, 2.75) is 33.4 Å². The number of aromatic nitrogens is 4. The Bertz CT molecular complexity index is 591. The molecule has 0 radical (unpaired) electrons. The van der Waals surface area contributed by atoms with Gasteiger partial charge >= 0.3 is 0 Å². The molecule has 1 aliphatic rings. The highest BCUT2D eigenvalue weighted by molar-refractivity contribution is 6.33. The Morgan fingerprint density at radius 2 is 2.21 bits per heavy atom. The fraction of sp³-hybridized carbons (Fsp3) is 0.583. The summed E-state index contributed by atoms with van der Waals surface area (Å²) >= 11 is 6.45. The number of aryl methyl sites for hydroxylation is 2. The van der Waals surface area contributed by atoms with Gasteiger partial charge in [-0.2, -0.15) is 10.1 Å². The Hall–Kier alpha value is -1.40. The van der Waals surface area contributed by atoms with Crippen LogP contribution in [0.1, 0.15) is 24.9 Å². The summed E-state index contributed by atoms with van der Waals surface area (Å²) in [7, 11) is 0. The Kier molecular flexibility index (Phi) is 3.28. The fourth-order valence-electron chi connectivity index (χ4n) is 2.35. The van der Waals surface area contributed by atoms with Gasteiger partial charge in [-0.1, -0.05) is 23.7 Å². The summed E-state index contributed by atoms with van der Waals surface area (Å²) < 4.78 is 6.96. The Labute approximate surface area is 116 Å². The van der Waals surface area contributed by atoms with Gasteiger partial charge in [0.1, 0.15) is 0 Å². The van der Waals surface area contributed by atoms with Crippen LogP contribution in [0.25, 0.3) is 11.5 Å². The number of rotatable bonds is 2. The van der Waals surface area contributed by atoms with Crippen LogP contribution >= 0.6 is 11.6 Å². The second-order valence-electron chi connectivity index (χ2n) is 4.69. The molecule has 19 heavy (non-hydrogen) atoms. The first-order valence-electron chi connectivity index (χ1n) is 6.47. The molecule has 2 aromatic heterocycles. The maximum atomic E-state index is 6.45. The van der Waals surface area contributed by atoms with Gasteiger partial charge < -0.3 is 4.52 Å². The fourth-order valence-corrected chi connectivity index (χ4v) is 2.63. The van der Waals surface area contributed by atoms with Gasteiger partial charge in [0, 0.05) is 26.6 Å². The quantitative estimate of drug-likeness (QED) is 0.844. The topological polar surface area (TPSA) is 60.0 Å². The van der Waals surface area contributed by atoms with Gasteiger partial charge in [-0.25, -0.2) is 0 Å². The first-order chi connectivity index (χ1) is 9.19. The number of nitrogens with zero attached hydrogens (tertiary/aromatic N) is 5. The van der Waals surface area contributed by atoms with E-state index in [1.807, 2.05) is 4.68 Å². The maximum Gasteiger partial charge on any atom is 0.224 e. The molecule has 0 atom stereocenters. The van der Waals surface area contributed by atoms with Crippen LogP contribution < -0.4 is 0 Å². The second-order valence-corrected chi connectivity index (χ2v) is 5.07. The molecule has 6 nitrogen and oxygen atoms in total. The Balaban J connectivity index is 2.01. The first kappa shape index (κ1) is 12.6. The van der Waals surface area contributed by atoms with Crippen LogP contribution in [0.15, 0.2) is 4.52 Å². The van der Waals surface area contributed by atoms with E-state index in [4.69, 9.17) is 16.1 Å².